The Labute approximate surface area is 178 Å². The molecular weight excluding hydrogens is 380 g/mol. The van der Waals surface area contributed by atoms with Gasteiger partial charge in [-0.25, -0.2) is 0 Å². The molecule has 3 rings (SSSR count). The first-order valence-electron chi connectivity index (χ1n) is 10.2. The fourth-order valence-corrected chi connectivity index (χ4v) is 3.56. The van der Waals surface area contributed by atoms with Crippen LogP contribution in [0.25, 0.3) is 0 Å². The van der Waals surface area contributed by atoms with Gasteiger partial charge in [0.15, 0.2) is 0 Å². The van der Waals surface area contributed by atoms with Crippen molar-refractivity contribution in [1.82, 2.24) is 10.2 Å². The molecule has 0 aromatic heterocycles. The lowest BCUT2D eigenvalue weighted by molar-refractivity contribution is -0.125. The maximum absolute atomic E-state index is 12.3. The summed E-state index contributed by atoms with van der Waals surface area (Å²) in [6, 6.07) is 13.7. The number of hydrogen-bond donors (Lipinski definition) is 2. The number of hydrogen-bond acceptors (Lipinski definition) is 5. The number of methoxy groups -OCH3 is 1. The number of aryl methyl sites for hydroxylation is 1. The number of para-hydroxylation sites is 2. The molecule has 0 unspecified atom stereocenters. The Balaban J connectivity index is 1.42. The van der Waals surface area contributed by atoms with Gasteiger partial charge >= 0.3 is 0 Å². The third kappa shape index (κ3) is 5.51. The summed E-state index contributed by atoms with van der Waals surface area (Å²) in [6.45, 7) is 7.42. The molecule has 0 aliphatic carbocycles. The average Bonchev–Trinajstić information content (AvgIpc) is 2.76. The number of amides is 2. The molecule has 1 aliphatic rings. The standard InChI is InChI=1S/C23H30N4O3/c1-17-7-6-8-19(18(17)2)25-22(28)15-24-23(29)16-26-11-13-27(14-12-26)20-9-4-5-10-21(20)30-3/h4-10H,11-16H2,1-3H3,(H,24,29)(H,25,28). The Morgan fingerprint density at radius 1 is 0.967 bits per heavy atom. The van der Waals surface area contributed by atoms with Gasteiger partial charge in [0.05, 0.1) is 25.9 Å². The summed E-state index contributed by atoms with van der Waals surface area (Å²) in [6.07, 6.45) is 0. The first-order valence-corrected chi connectivity index (χ1v) is 10.2. The van der Waals surface area contributed by atoms with Gasteiger partial charge in [0.2, 0.25) is 11.8 Å². The van der Waals surface area contributed by atoms with Crippen LogP contribution in [0, 0.1) is 13.8 Å². The number of piperazine rings is 1. The predicted molar refractivity (Wildman–Crippen MR) is 119 cm³/mol. The van der Waals surface area contributed by atoms with Crippen LogP contribution in [-0.2, 0) is 9.59 Å². The molecule has 2 N–H and O–H groups in total. The van der Waals surface area contributed by atoms with Gasteiger partial charge in [-0.05, 0) is 43.2 Å². The SMILES string of the molecule is COc1ccccc1N1CCN(CC(=O)NCC(=O)Nc2cccc(C)c2C)CC1. The zero-order chi connectivity index (χ0) is 21.5. The topological polar surface area (TPSA) is 73.9 Å². The van der Waals surface area contributed by atoms with Gasteiger partial charge in [-0.2, -0.15) is 0 Å². The minimum Gasteiger partial charge on any atom is -0.495 e. The summed E-state index contributed by atoms with van der Waals surface area (Å²) in [5, 5.41) is 5.58. The zero-order valence-corrected chi connectivity index (χ0v) is 17.9. The molecule has 0 atom stereocenters. The van der Waals surface area contributed by atoms with Crippen molar-refractivity contribution in [1.29, 1.82) is 0 Å². The molecular formula is C23H30N4O3. The lowest BCUT2D eigenvalue weighted by Crippen LogP contribution is -2.50. The Hall–Kier alpha value is -3.06. The summed E-state index contributed by atoms with van der Waals surface area (Å²) < 4.78 is 5.44. The second-order valence-corrected chi connectivity index (χ2v) is 7.51. The third-order valence-electron chi connectivity index (χ3n) is 5.49. The molecule has 0 radical (unpaired) electrons. The summed E-state index contributed by atoms with van der Waals surface area (Å²) in [7, 11) is 1.68. The van der Waals surface area contributed by atoms with Crippen LogP contribution in [0.5, 0.6) is 5.75 Å². The van der Waals surface area contributed by atoms with Crippen LogP contribution in [0.2, 0.25) is 0 Å². The van der Waals surface area contributed by atoms with E-state index < -0.39 is 0 Å². The Bertz CT molecular complexity index is 892. The van der Waals surface area contributed by atoms with Crippen molar-refractivity contribution in [2.75, 3.05) is 56.6 Å². The van der Waals surface area contributed by atoms with Crippen LogP contribution in [-0.4, -0.2) is 63.1 Å². The molecule has 1 heterocycles. The molecule has 30 heavy (non-hydrogen) atoms. The largest absolute Gasteiger partial charge is 0.495 e. The molecule has 1 saturated heterocycles. The van der Waals surface area contributed by atoms with E-state index >= 15 is 0 Å². The van der Waals surface area contributed by atoms with Crippen molar-refractivity contribution in [3.63, 3.8) is 0 Å². The minimum atomic E-state index is -0.224. The molecule has 0 bridgehead atoms. The van der Waals surface area contributed by atoms with E-state index in [1.54, 1.807) is 7.11 Å². The second-order valence-electron chi connectivity index (χ2n) is 7.51. The lowest BCUT2D eigenvalue weighted by Gasteiger charge is -2.36. The molecule has 7 heteroatoms. The number of benzene rings is 2. The number of anilines is 2. The van der Waals surface area contributed by atoms with Crippen LogP contribution < -0.4 is 20.3 Å². The third-order valence-corrected chi connectivity index (χ3v) is 5.49. The number of carbonyl (C=O) groups excluding carboxylic acids is 2. The molecule has 1 fully saturated rings. The number of rotatable bonds is 7. The predicted octanol–water partition coefficient (Wildman–Crippen LogP) is 2.19. The summed E-state index contributed by atoms with van der Waals surface area (Å²) >= 11 is 0. The van der Waals surface area contributed by atoms with Crippen molar-refractivity contribution < 1.29 is 14.3 Å². The highest BCUT2D eigenvalue weighted by Crippen LogP contribution is 2.28. The number of nitrogens with zero attached hydrogens (tertiary/aromatic N) is 2. The molecule has 2 amide bonds. The van der Waals surface area contributed by atoms with E-state index in [0.717, 1.165) is 54.4 Å². The van der Waals surface area contributed by atoms with Crippen molar-refractivity contribution >= 4 is 23.2 Å². The van der Waals surface area contributed by atoms with Gasteiger partial charge in [-0.1, -0.05) is 24.3 Å². The molecule has 7 nitrogen and oxygen atoms in total. The summed E-state index contributed by atoms with van der Waals surface area (Å²) in [5.41, 5.74) is 4.00. The van der Waals surface area contributed by atoms with Crippen molar-refractivity contribution in [3.05, 3.63) is 53.6 Å². The van der Waals surface area contributed by atoms with Crippen molar-refractivity contribution in [3.8, 4) is 5.75 Å². The summed E-state index contributed by atoms with van der Waals surface area (Å²) in [5.74, 6) is 0.494. The Morgan fingerprint density at radius 2 is 1.70 bits per heavy atom. The summed E-state index contributed by atoms with van der Waals surface area (Å²) in [4.78, 5) is 28.8. The first-order chi connectivity index (χ1) is 14.5. The van der Waals surface area contributed by atoms with E-state index in [4.69, 9.17) is 4.74 Å². The fourth-order valence-electron chi connectivity index (χ4n) is 3.56. The van der Waals surface area contributed by atoms with E-state index in [9.17, 15) is 9.59 Å². The molecule has 1 aliphatic heterocycles. The maximum Gasteiger partial charge on any atom is 0.243 e. The molecule has 2 aromatic carbocycles. The van der Waals surface area contributed by atoms with Gasteiger partial charge in [-0.15, -0.1) is 0 Å². The normalized spacial score (nSPS) is 14.3. The quantitative estimate of drug-likeness (QED) is 0.732. The van der Waals surface area contributed by atoms with Gasteiger partial charge in [-0.3, -0.25) is 14.5 Å². The van der Waals surface area contributed by atoms with E-state index in [1.807, 2.05) is 50.2 Å². The van der Waals surface area contributed by atoms with Crippen LogP contribution in [0.4, 0.5) is 11.4 Å². The average molecular weight is 411 g/mol. The van der Waals surface area contributed by atoms with Gasteiger partial charge in [0.25, 0.3) is 0 Å². The number of carbonyl (C=O) groups is 2. The highest BCUT2D eigenvalue weighted by molar-refractivity contribution is 5.95. The maximum atomic E-state index is 12.3. The van der Waals surface area contributed by atoms with Crippen molar-refractivity contribution in [2.45, 2.75) is 13.8 Å². The highest BCUT2D eigenvalue weighted by atomic mass is 16.5. The molecule has 0 spiro atoms. The van der Waals surface area contributed by atoms with Crippen molar-refractivity contribution in [2.24, 2.45) is 0 Å². The molecule has 160 valence electrons. The van der Waals surface area contributed by atoms with Gasteiger partial charge < -0.3 is 20.3 Å². The Kier molecular flexibility index (Phi) is 7.30. The smallest absolute Gasteiger partial charge is 0.243 e. The zero-order valence-electron chi connectivity index (χ0n) is 17.9. The van der Waals surface area contributed by atoms with E-state index in [1.165, 1.54) is 0 Å². The van der Waals surface area contributed by atoms with Crippen LogP contribution in [0.15, 0.2) is 42.5 Å². The number of ether oxygens (including phenoxy) is 1. The number of nitrogens with one attached hydrogen (secondary N) is 2. The highest BCUT2D eigenvalue weighted by Gasteiger charge is 2.21. The lowest BCUT2D eigenvalue weighted by atomic mass is 10.1. The molecule has 0 saturated carbocycles. The minimum absolute atomic E-state index is 0.0343. The van der Waals surface area contributed by atoms with E-state index in [2.05, 4.69) is 26.5 Å². The Morgan fingerprint density at radius 3 is 2.43 bits per heavy atom. The monoisotopic (exact) mass is 410 g/mol. The first kappa shape index (κ1) is 21.6. The fraction of sp³-hybridized carbons (Fsp3) is 0.391. The van der Waals surface area contributed by atoms with Gasteiger partial charge in [0.1, 0.15) is 5.75 Å². The van der Waals surface area contributed by atoms with Crippen LogP contribution in [0.1, 0.15) is 11.1 Å². The van der Waals surface area contributed by atoms with Gasteiger partial charge in [0, 0.05) is 31.9 Å². The van der Waals surface area contributed by atoms with E-state index in [-0.39, 0.29) is 24.9 Å². The van der Waals surface area contributed by atoms with E-state index in [0.29, 0.717) is 0 Å². The van der Waals surface area contributed by atoms with Crippen LogP contribution >= 0.6 is 0 Å². The second kappa shape index (κ2) is 10.1. The molecule has 2 aromatic rings. The van der Waals surface area contributed by atoms with Crippen LogP contribution in [0.3, 0.4) is 0 Å².